The fraction of sp³-hybridized carbons (Fsp3) is 0.423. The maximum atomic E-state index is 14.1. The van der Waals surface area contributed by atoms with Gasteiger partial charge in [0, 0.05) is 31.3 Å². The molecule has 31 heavy (non-hydrogen) atoms. The molecule has 2 aromatic rings. The molecule has 1 aliphatic heterocycles. The van der Waals surface area contributed by atoms with Crippen LogP contribution in [0.1, 0.15) is 41.5 Å². The van der Waals surface area contributed by atoms with Gasteiger partial charge >= 0.3 is 0 Å². The van der Waals surface area contributed by atoms with E-state index in [4.69, 9.17) is 0 Å². The Bertz CT molecular complexity index is 945. The van der Waals surface area contributed by atoms with Gasteiger partial charge < -0.3 is 9.80 Å². The highest BCUT2D eigenvalue weighted by Crippen LogP contribution is 2.32. The summed E-state index contributed by atoms with van der Waals surface area (Å²) in [5.41, 5.74) is 4.72. The summed E-state index contributed by atoms with van der Waals surface area (Å²) in [6.45, 7) is 5.63. The molecule has 0 saturated carbocycles. The number of carbonyl (C=O) groups excluding carboxylic acids is 1. The number of amides is 1. The van der Waals surface area contributed by atoms with E-state index in [9.17, 15) is 13.6 Å². The van der Waals surface area contributed by atoms with E-state index in [0.29, 0.717) is 24.9 Å². The third-order valence-electron chi connectivity index (χ3n) is 5.87. The Balaban J connectivity index is 1.76. The SMILES string of the molecule is Cc1cc(/C=C/CCN(C)C)cc(C)c1N1CC(Cc2ccc(F)cc2F)CCC1=O. The second kappa shape index (κ2) is 10.2. The Labute approximate surface area is 184 Å². The summed E-state index contributed by atoms with van der Waals surface area (Å²) in [5, 5.41) is 0. The van der Waals surface area contributed by atoms with E-state index < -0.39 is 11.6 Å². The van der Waals surface area contributed by atoms with Crippen LogP contribution < -0.4 is 4.90 Å². The summed E-state index contributed by atoms with van der Waals surface area (Å²) in [6, 6.07) is 7.97. The number of anilines is 1. The molecular formula is C26H32F2N2O. The molecule has 0 aliphatic carbocycles. The van der Waals surface area contributed by atoms with E-state index in [0.717, 1.165) is 47.8 Å². The molecule has 3 nitrogen and oxygen atoms in total. The lowest BCUT2D eigenvalue weighted by molar-refractivity contribution is -0.120. The molecule has 5 heteroatoms. The number of rotatable bonds is 7. The molecule has 0 spiro atoms. The Morgan fingerprint density at radius 3 is 2.48 bits per heavy atom. The summed E-state index contributed by atoms with van der Waals surface area (Å²) < 4.78 is 27.3. The maximum absolute atomic E-state index is 14.1. The van der Waals surface area contributed by atoms with Gasteiger partial charge in [-0.3, -0.25) is 4.79 Å². The van der Waals surface area contributed by atoms with Crippen molar-refractivity contribution in [2.24, 2.45) is 5.92 Å². The van der Waals surface area contributed by atoms with Gasteiger partial charge in [0.1, 0.15) is 11.6 Å². The van der Waals surface area contributed by atoms with Crippen molar-refractivity contribution in [3.05, 3.63) is 70.3 Å². The van der Waals surface area contributed by atoms with Crippen molar-refractivity contribution in [1.29, 1.82) is 0 Å². The number of hydrogen-bond donors (Lipinski definition) is 0. The summed E-state index contributed by atoms with van der Waals surface area (Å²) in [4.78, 5) is 16.8. The van der Waals surface area contributed by atoms with Crippen molar-refractivity contribution in [1.82, 2.24) is 4.90 Å². The van der Waals surface area contributed by atoms with E-state index in [2.05, 4.69) is 43.3 Å². The highest BCUT2D eigenvalue weighted by Gasteiger charge is 2.29. The summed E-state index contributed by atoms with van der Waals surface area (Å²) in [5.74, 6) is -0.830. The molecule has 3 rings (SSSR count). The van der Waals surface area contributed by atoms with Crippen LogP contribution >= 0.6 is 0 Å². The minimum atomic E-state index is -0.566. The average molecular weight is 427 g/mol. The first kappa shape index (κ1) is 23.1. The number of carbonyl (C=O) groups is 1. The number of hydrogen-bond acceptors (Lipinski definition) is 2. The van der Waals surface area contributed by atoms with Gasteiger partial charge in [0.25, 0.3) is 0 Å². The third kappa shape index (κ3) is 6.01. The lowest BCUT2D eigenvalue weighted by atomic mass is 9.89. The number of nitrogens with zero attached hydrogens (tertiary/aromatic N) is 2. The maximum Gasteiger partial charge on any atom is 0.227 e. The van der Waals surface area contributed by atoms with Gasteiger partial charge in [0.15, 0.2) is 0 Å². The Morgan fingerprint density at radius 2 is 1.84 bits per heavy atom. The zero-order chi connectivity index (χ0) is 22.5. The van der Waals surface area contributed by atoms with Crippen molar-refractivity contribution >= 4 is 17.7 Å². The van der Waals surface area contributed by atoms with Crippen LogP contribution in [-0.2, 0) is 11.2 Å². The van der Waals surface area contributed by atoms with E-state index in [1.807, 2.05) is 18.7 Å². The fourth-order valence-corrected chi connectivity index (χ4v) is 4.36. The van der Waals surface area contributed by atoms with E-state index in [-0.39, 0.29) is 11.8 Å². The zero-order valence-corrected chi connectivity index (χ0v) is 18.9. The molecule has 0 radical (unpaired) electrons. The van der Waals surface area contributed by atoms with E-state index >= 15 is 0 Å². The monoisotopic (exact) mass is 426 g/mol. The lowest BCUT2D eigenvalue weighted by Gasteiger charge is -2.35. The summed E-state index contributed by atoms with van der Waals surface area (Å²) in [7, 11) is 4.12. The lowest BCUT2D eigenvalue weighted by Crippen LogP contribution is -2.41. The predicted molar refractivity (Wildman–Crippen MR) is 123 cm³/mol. The highest BCUT2D eigenvalue weighted by molar-refractivity contribution is 5.96. The van der Waals surface area contributed by atoms with Gasteiger partial charge in [-0.1, -0.05) is 18.2 Å². The van der Waals surface area contributed by atoms with Crippen molar-refractivity contribution in [2.45, 2.75) is 39.5 Å². The molecule has 0 aromatic heterocycles. The van der Waals surface area contributed by atoms with E-state index in [1.54, 1.807) is 0 Å². The molecule has 1 unspecified atom stereocenters. The van der Waals surface area contributed by atoms with Crippen molar-refractivity contribution < 1.29 is 13.6 Å². The first-order chi connectivity index (χ1) is 14.7. The van der Waals surface area contributed by atoms with Crippen LogP contribution in [0.5, 0.6) is 0 Å². The normalized spacial score (nSPS) is 17.2. The first-order valence-corrected chi connectivity index (χ1v) is 10.9. The smallest absolute Gasteiger partial charge is 0.227 e. The van der Waals surface area contributed by atoms with Crippen LogP contribution in [0.4, 0.5) is 14.5 Å². The molecule has 1 aliphatic rings. The van der Waals surface area contributed by atoms with Crippen LogP contribution in [-0.4, -0.2) is 38.0 Å². The molecule has 1 heterocycles. The number of piperidine rings is 1. The topological polar surface area (TPSA) is 23.6 Å². The fourth-order valence-electron chi connectivity index (χ4n) is 4.36. The van der Waals surface area contributed by atoms with Crippen molar-refractivity contribution in [3.63, 3.8) is 0 Å². The van der Waals surface area contributed by atoms with Gasteiger partial charge in [-0.05, 0) is 93.6 Å². The second-order valence-corrected chi connectivity index (χ2v) is 8.85. The Morgan fingerprint density at radius 1 is 1.13 bits per heavy atom. The molecule has 0 bridgehead atoms. The van der Waals surface area contributed by atoms with Gasteiger partial charge in [0.05, 0.1) is 0 Å². The molecule has 166 valence electrons. The van der Waals surface area contributed by atoms with Crippen LogP contribution in [0.15, 0.2) is 36.4 Å². The van der Waals surface area contributed by atoms with Gasteiger partial charge in [-0.2, -0.15) is 0 Å². The molecule has 1 amide bonds. The second-order valence-electron chi connectivity index (χ2n) is 8.85. The quantitative estimate of drug-likeness (QED) is 0.581. The number of aryl methyl sites for hydroxylation is 2. The Kier molecular flexibility index (Phi) is 7.60. The molecular weight excluding hydrogens is 394 g/mol. The number of benzene rings is 2. The molecule has 1 saturated heterocycles. The zero-order valence-electron chi connectivity index (χ0n) is 18.9. The largest absolute Gasteiger partial charge is 0.312 e. The van der Waals surface area contributed by atoms with Gasteiger partial charge in [-0.25, -0.2) is 8.78 Å². The van der Waals surface area contributed by atoms with E-state index in [1.165, 1.54) is 12.1 Å². The van der Waals surface area contributed by atoms with Crippen LogP contribution in [0, 0.1) is 31.4 Å². The average Bonchev–Trinajstić information content (AvgIpc) is 2.69. The van der Waals surface area contributed by atoms with Gasteiger partial charge in [0.2, 0.25) is 5.91 Å². The molecule has 0 N–H and O–H groups in total. The minimum Gasteiger partial charge on any atom is -0.312 e. The number of halogens is 2. The summed E-state index contributed by atoms with van der Waals surface area (Å²) >= 11 is 0. The standard InChI is InChI=1S/C26H32F2N2O/c1-18-13-20(7-5-6-12-29(3)4)14-19(2)26(18)30-17-21(8-11-25(30)31)15-22-9-10-23(27)16-24(22)28/h5,7,9-10,13-14,16,21H,6,8,11-12,15,17H2,1-4H3/b7-5+. The van der Waals surface area contributed by atoms with Crippen LogP contribution in [0.2, 0.25) is 0 Å². The minimum absolute atomic E-state index is 0.108. The van der Waals surface area contributed by atoms with Crippen molar-refractivity contribution in [3.8, 4) is 0 Å². The highest BCUT2D eigenvalue weighted by atomic mass is 19.1. The van der Waals surface area contributed by atoms with Gasteiger partial charge in [-0.15, -0.1) is 0 Å². The predicted octanol–water partition coefficient (Wildman–Crippen LogP) is 5.53. The van der Waals surface area contributed by atoms with Crippen molar-refractivity contribution in [2.75, 3.05) is 32.1 Å². The summed E-state index contributed by atoms with van der Waals surface area (Å²) in [6.07, 6.45) is 6.95. The molecule has 1 atom stereocenters. The Hall–Kier alpha value is -2.53. The molecule has 2 aromatic carbocycles. The third-order valence-corrected chi connectivity index (χ3v) is 5.87. The van der Waals surface area contributed by atoms with Crippen LogP contribution in [0.3, 0.4) is 0 Å². The van der Waals surface area contributed by atoms with Crippen LogP contribution in [0.25, 0.3) is 6.08 Å². The molecule has 1 fully saturated rings. The first-order valence-electron chi connectivity index (χ1n) is 10.9.